The molecule has 1 aliphatic heterocycles. The van der Waals surface area contributed by atoms with Gasteiger partial charge in [0.15, 0.2) is 11.2 Å². The molecule has 0 spiro atoms. The number of esters is 1. The third-order valence-corrected chi connectivity index (χ3v) is 8.44. The number of ether oxygens (including phenoxy) is 1. The second-order valence-electron chi connectivity index (χ2n) is 10.2. The van der Waals surface area contributed by atoms with Gasteiger partial charge in [0.25, 0.3) is 5.91 Å². The minimum Gasteiger partial charge on any atom is -0.448 e. The Hall–Kier alpha value is -1.80. The zero-order chi connectivity index (χ0) is 23.7. The van der Waals surface area contributed by atoms with Gasteiger partial charge in [-0.05, 0) is 56.7 Å². The van der Waals surface area contributed by atoms with Crippen LogP contribution in [0.15, 0.2) is 18.2 Å². The lowest BCUT2D eigenvalue weighted by atomic mass is 9.66. The molecule has 0 radical (unpaired) electrons. The molecule has 2 unspecified atom stereocenters. The maximum Gasteiger partial charge on any atom is 0.421 e. The lowest BCUT2D eigenvalue weighted by molar-refractivity contribution is -0.269. The third-order valence-electron chi connectivity index (χ3n) is 8.21. The predicted octanol–water partition coefficient (Wildman–Crippen LogP) is 5.34. The van der Waals surface area contributed by atoms with Crippen molar-refractivity contribution in [2.75, 3.05) is 5.32 Å². The van der Waals surface area contributed by atoms with Crippen LogP contribution in [-0.4, -0.2) is 28.8 Å². The van der Waals surface area contributed by atoms with Crippen LogP contribution in [0.3, 0.4) is 0 Å². The van der Waals surface area contributed by atoms with E-state index in [1.165, 1.54) is 12.1 Å². The number of halogens is 4. The number of alkyl halides is 3. The largest absolute Gasteiger partial charge is 0.448 e. The van der Waals surface area contributed by atoms with E-state index in [1.807, 2.05) is 0 Å². The summed E-state index contributed by atoms with van der Waals surface area (Å²) in [7, 11) is 0. The Labute approximate surface area is 189 Å². The number of aliphatic hydroxyl groups is 1. The van der Waals surface area contributed by atoms with Crippen LogP contribution in [0.2, 0.25) is 5.02 Å². The minimum absolute atomic E-state index is 0.00586. The van der Waals surface area contributed by atoms with Crippen molar-refractivity contribution < 1.29 is 32.6 Å². The van der Waals surface area contributed by atoms with E-state index in [9.17, 15) is 27.9 Å². The number of benzene rings is 1. The van der Waals surface area contributed by atoms with E-state index in [-0.39, 0.29) is 29.5 Å². The number of anilines is 1. The Kier molecular flexibility index (Phi) is 5.18. The van der Waals surface area contributed by atoms with E-state index in [0.29, 0.717) is 6.42 Å². The molecule has 3 atom stereocenters. The van der Waals surface area contributed by atoms with Crippen molar-refractivity contribution in [2.24, 2.45) is 16.7 Å². The van der Waals surface area contributed by atoms with Gasteiger partial charge in [0.1, 0.15) is 0 Å². The van der Waals surface area contributed by atoms with Crippen molar-refractivity contribution in [1.82, 2.24) is 0 Å². The van der Waals surface area contributed by atoms with Crippen LogP contribution in [0.1, 0.15) is 64.9 Å². The first-order valence-electron chi connectivity index (χ1n) is 10.8. The Morgan fingerprint density at radius 3 is 2.41 bits per heavy atom. The van der Waals surface area contributed by atoms with Crippen LogP contribution in [0, 0.1) is 16.7 Å². The average molecular weight is 474 g/mol. The smallest absolute Gasteiger partial charge is 0.421 e. The van der Waals surface area contributed by atoms with Gasteiger partial charge in [-0.25, -0.2) is 0 Å². The van der Waals surface area contributed by atoms with Crippen LogP contribution in [0.5, 0.6) is 0 Å². The summed E-state index contributed by atoms with van der Waals surface area (Å²) in [5, 5.41) is 13.4. The molecule has 4 rings (SSSR count). The summed E-state index contributed by atoms with van der Waals surface area (Å²) in [6.07, 6.45) is -2.91. The highest BCUT2D eigenvalue weighted by Gasteiger charge is 2.75. The Morgan fingerprint density at radius 1 is 1.25 bits per heavy atom. The molecular weight excluding hydrogens is 447 g/mol. The van der Waals surface area contributed by atoms with Gasteiger partial charge in [0.2, 0.25) is 0 Å². The Morgan fingerprint density at radius 2 is 1.91 bits per heavy atom. The second-order valence-corrected chi connectivity index (χ2v) is 10.6. The van der Waals surface area contributed by atoms with Crippen molar-refractivity contribution >= 4 is 29.2 Å². The van der Waals surface area contributed by atoms with Crippen LogP contribution < -0.4 is 5.32 Å². The molecule has 5 nitrogen and oxygen atoms in total. The van der Waals surface area contributed by atoms with Crippen molar-refractivity contribution in [1.29, 1.82) is 0 Å². The first-order chi connectivity index (χ1) is 14.7. The maximum atomic E-state index is 14.1. The lowest BCUT2D eigenvalue weighted by Crippen LogP contribution is -2.51. The minimum atomic E-state index is -4.98. The SMILES string of the molecule is CC12CCC(C(=O)Nc3ccc(Cl)cc3[C@@](O)(CCC3CC3)C(F)(F)F)(OC1=O)C2(C)C. The lowest BCUT2D eigenvalue weighted by Gasteiger charge is -2.36. The molecule has 32 heavy (non-hydrogen) atoms. The molecule has 0 aromatic heterocycles. The molecule has 2 bridgehead atoms. The molecule has 2 aliphatic carbocycles. The molecular formula is C23H27ClF3NO4. The van der Waals surface area contributed by atoms with Gasteiger partial charge in [-0.1, -0.05) is 38.3 Å². The number of amides is 1. The summed E-state index contributed by atoms with van der Waals surface area (Å²) in [6.45, 7) is 5.26. The molecule has 1 aromatic carbocycles. The second kappa shape index (κ2) is 7.10. The van der Waals surface area contributed by atoms with Crippen LogP contribution in [-0.2, 0) is 19.9 Å². The number of rotatable bonds is 6. The standard InChI is InChI=1S/C23H27ClF3NO4/c1-19(2)20(3)10-11-22(19,32-18(20)30)17(29)28-16-7-6-14(24)12-15(16)21(31,23(25,26)27)9-8-13-4-5-13/h6-7,12-13,31H,4-5,8-11H2,1-3H3,(H,28,29)/t20?,21-,22?/m0/s1. The molecule has 1 saturated heterocycles. The molecule has 2 saturated carbocycles. The monoisotopic (exact) mass is 473 g/mol. The van der Waals surface area contributed by atoms with Gasteiger partial charge < -0.3 is 15.2 Å². The molecule has 1 amide bonds. The van der Waals surface area contributed by atoms with E-state index in [1.54, 1.807) is 20.8 Å². The zero-order valence-corrected chi connectivity index (χ0v) is 19.0. The van der Waals surface area contributed by atoms with Crippen LogP contribution in [0.25, 0.3) is 0 Å². The molecule has 176 valence electrons. The van der Waals surface area contributed by atoms with Crippen LogP contribution >= 0.6 is 11.6 Å². The number of hydrogen-bond acceptors (Lipinski definition) is 4. The molecule has 9 heteroatoms. The van der Waals surface area contributed by atoms with Gasteiger partial charge in [-0.3, -0.25) is 9.59 Å². The summed E-state index contributed by atoms with van der Waals surface area (Å²) in [6, 6.07) is 3.64. The van der Waals surface area contributed by atoms with E-state index in [0.717, 1.165) is 18.9 Å². The third kappa shape index (κ3) is 3.16. The highest BCUT2D eigenvalue weighted by Crippen LogP contribution is 2.65. The summed E-state index contributed by atoms with van der Waals surface area (Å²) in [5.74, 6) is -1.03. The number of hydrogen-bond donors (Lipinski definition) is 2. The molecule has 3 aliphatic rings. The van der Waals surface area contributed by atoms with Gasteiger partial charge in [-0.15, -0.1) is 0 Å². The van der Waals surface area contributed by atoms with Crippen LogP contribution in [0.4, 0.5) is 18.9 Å². The number of carbonyl (C=O) groups is 2. The fourth-order valence-electron chi connectivity index (χ4n) is 5.19. The quantitative estimate of drug-likeness (QED) is 0.547. The summed E-state index contributed by atoms with van der Waals surface area (Å²) in [4.78, 5) is 25.9. The number of fused-ring (bicyclic) bond motifs is 2. The maximum absolute atomic E-state index is 14.1. The molecule has 1 aromatic rings. The van der Waals surface area contributed by atoms with E-state index in [4.69, 9.17) is 16.3 Å². The van der Waals surface area contributed by atoms with E-state index in [2.05, 4.69) is 5.32 Å². The van der Waals surface area contributed by atoms with Crippen molar-refractivity contribution in [3.63, 3.8) is 0 Å². The Bertz CT molecular complexity index is 976. The first kappa shape index (κ1) is 23.4. The van der Waals surface area contributed by atoms with Crippen molar-refractivity contribution in [3.05, 3.63) is 28.8 Å². The predicted molar refractivity (Wildman–Crippen MR) is 112 cm³/mol. The molecule has 1 heterocycles. The normalized spacial score (nSPS) is 30.7. The van der Waals surface area contributed by atoms with Gasteiger partial charge in [0, 0.05) is 21.7 Å². The number of carbonyl (C=O) groups excluding carboxylic acids is 2. The average Bonchev–Trinajstić information content (AvgIpc) is 3.47. The van der Waals surface area contributed by atoms with Gasteiger partial charge in [-0.2, -0.15) is 13.2 Å². The first-order valence-corrected chi connectivity index (χ1v) is 11.2. The fourth-order valence-corrected chi connectivity index (χ4v) is 5.36. The van der Waals surface area contributed by atoms with E-state index >= 15 is 0 Å². The Balaban J connectivity index is 1.71. The summed E-state index contributed by atoms with van der Waals surface area (Å²) < 4.78 is 47.9. The fraction of sp³-hybridized carbons (Fsp3) is 0.652. The van der Waals surface area contributed by atoms with Crippen molar-refractivity contribution in [3.8, 4) is 0 Å². The van der Waals surface area contributed by atoms with Gasteiger partial charge >= 0.3 is 12.1 Å². The zero-order valence-electron chi connectivity index (χ0n) is 18.2. The highest BCUT2D eigenvalue weighted by atomic mass is 35.5. The molecule has 3 fully saturated rings. The van der Waals surface area contributed by atoms with Gasteiger partial charge in [0.05, 0.1) is 5.41 Å². The summed E-state index contributed by atoms with van der Waals surface area (Å²) >= 11 is 6.00. The number of nitrogens with one attached hydrogen (secondary N) is 1. The topological polar surface area (TPSA) is 75.6 Å². The van der Waals surface area contributed by atoms with Crippen molar-refractivity contribution in [2.45, 2.75) is 76.7 Å². The van der Waals surface area contributed by atoms with E-state index < -0.39 is 52.1 Å². The highest BCUT2D eigenvalue weighted by molar-refractivity contribution is 6.30. The molecule has 2 N–H and O–H groups in total. The summed E-state index contributed by atoms with van der Waals surface area (Å²) in [5.41, 5.74) is -7.10.